The highest BCUT2D eigenvalue weighted by Crippen LogP contribution is 2.11. The molecule has 1 aromatic carbocycles. The van der Waals surface area contributed by atoms with Crippen LogP contribution in [-0.2, 0) is 4.79 Å². The Labute approximate surface area is 112 Å². The highest BCUT2D eigenvalue weighted by molar-refractivity contribution is 5.76. The number of benzene rings is 1. The Kier molecular flexibility index (Phi) is 6.29. The van der Waals surface area contributed by atoms with E-state index in [1.807, 2.05) is 13.8 Å². The van der Waals surface area contributed by atoms with Crippen molar-refractivity contribution < 1.29 is 19.0 Å². The van der Waals surface area contributed by atoms with E-state index in [-0.39, 0.29) is 37.2 Å². The maximum absolute atomic E-state index is 12.6. The lowest BCUT2D eigenvalue weighted by Crippen LogP contribution is -2.35. The highest BCUT2D eigenvalue weighted by Gasteiger charge is 2.10. The van der Waals surface area contributed by atoms with Crippen LogP contribution in [-0.4, -0.2) is 30.3 Å². The van der Waals surface area contributed by atoms with Crippen LogP contribution in [0, 0.1) is 11.7 Å². The largest absolute Gasteiger partial charge is 0.493 e. The Hall–Kier alpha value is -1.62. The van der Waals surface area contributed by atoms with Gasteiger partial charge in [0.1, 0.15) is 11.6 Å². The molecule has 2 N–H and O–H groups in total. The molecule has 4 nitrogen and oxygen atoms in total. The van der Waals surface area contributed by atoms with Crippen molar-refractivity contribution in [2.45, 2.75) is 26.4 Å². The maximum Gasteiger partial charge on any atom is 0.223 e. The second-order valence-electron chi connectivity index (χ2n) is 4.67. The normalized spacial score (nSPS) is 12.3. The quantitative estimate of drug-likeness (QED) is 0.792. The molecule has 19 heavy (non-hydrogen) atoms. The van der Waals surface area contributed by atoms with Gasteiger partial charge < -0.3 is 15.2 Å². The molecule has 5 heteroatoms. The number of halogens is 1. The Morgan fingerprint density at radius 2 is 2.00 bits per heavy atom. The van der Waals surface area contributed by atoms with Crippen molar-refractivity contribution in [3.63, 3.8) is 0 Å². The summed E-state index contributed by atoms with van der Waals surface area (Å²) in [5.74, 6) is 0.127. The van der Waals surface area contributed by atoms with Crippen molar-refractivity contribution in [2.75, 3.05) is 13.2 Å². The first-order chi connectivity index (χ1) is 8.99. The van der Waals surface area contributed by atoms with E-state index in [1.54, 1.807) is 0 Å². The van der Waals surface area contributed by atoms with Gasteiger partial charge in [-0.15, -0.1) is 0 Å². The molecule has 1 aromatic rings. The molecule has 0 saturated carbocycles. The lowest BCUT2D eigenvalue weighted by Gasteiger charge is -2.15. The molecule has 1 atom stereocenters. The van der Waals surface area contributed by atoms with E-state index in [0.717, 1.165) is 0 Å². The zero-order valence-corrected chi connectivity index (χ0v) is 11.2. The molecule has 1 amide bonds. The standard InChI is InChI=1S/C14H20FNO3/c1-10(2)13(17)9-16-14(18)7-8-19-12-5-3-11(15)4-6-12/h3-6,10,13,17H,7-9H2,1-2H3,(H,16,18). The topological polar surface area (TPSA) is 58.6 Å². The van der Waals surface area contributed by atoms with Crippen molar-refractivity contribution in [3.8, 4) is 5.75 Å². The van der Waals surface area contributed by atoms with Gasteiger partial charge in [0.2, 0.25) is 5.91 Å². The number of amides is 1. The maximum atomic E-state index is 12.6. The van der Waals surface area contributed by atoms with Crippen LogP contribution in [0.15, 0.2) is 24.3 Å². The molecule has 0 fully saturated rings. The zero-order valence-electron chi connectivity index (χ0n) is 11.2. The van der Waals surface area contributed by atoms with Crippen LogP contribution in [0.25, 0.3) is 0 Å². The van der Waals surface area contributed by atoms with E-state index >= 15 is 0 Å². The fourth-order valence-electron chi connectivity index (χ4n) is 1.33. The average Bonchev–Trinajstić information content (AvgIpc) is 2.38. The lowest BCUT2D eigenvalue weighted by atomic mass is 10.1. The molecular weight excluding hydrogens is 249 g/mol. The Bertz CT molecular complexity index is 392. The SMILES string of the molecule is CC(C)C(O)CNC(=O)CCOc1ccc(F)cc1. The van der Waals surface area contributed by atoms with E-state index in [4.69, 9.17) is 4.74 Å². The van der Waals surface area contributed by atoms with E-state index in [1.165, 1.54) is 24.3 Å². The third-order valence-electron chi connectivity index (χ3n) is 2.69. The third-order valence-corrected chi connectivity index (χ3v) is 2.69. The molecule has 0 radical (unpaired) electrons. The third kappa shape index (κ3) is 6.20. The minimum Gasteiger partial charge on any atom is -0.493 e. The number of hydrogen-bond donors (Lipinski definition) is 2. The van der Waals surface area contributed by atoms with Crippen molar-refractivity contribution in [1.82, 2.24) is 5.32 Å². The number of nitrogens with one attached hydrogen (secondary N) is 1. The molecular formula is C14H20FNO3. The van der Waals surface area contributed by atoms with Crippen LogP contribution >= 0.6 is 0 Å². The molecule has 0 saturated heterocycles. The predicted molar refractivity (Wildman–Crippen MR) is 70.4 cm³/mol. The fourth-order valence-corrected chi connectivity index (χ4v) is 1.33. The van der Waals surface area contributed by atoms with Gasteiger partial charge in [-0.05, 0) is 30.2 Å². The van der Waals surface area contributed by atoms with Gasteiger partial charge in [0.05, 0.1) is 19.1 Å². The predicted octanol–water partition coefficient (Wildman–Crippen LogP) is 1.73. The van der Waals surface area contributed by atoms with Crippen LogP contribution in [0.5, 0.6) is 5.75 Å². The Morgan fingerprint density at radius 1 is 1.37 bits per heavy atom. The summed E-state index contributed by atoms with van der Waals surface area (Å²) in [5.41, 5.74) is 0. The van der Waals surface area contributed by atoms with E-state index in [2.05, 4.69) is 5.32 Å². The first kappa shape index (κ1) is 15.4. The van der Waals surface area contributed by atoms with Gasteiger partial charge in [0.25, 0.3) is 0 Å². The van der Waals surface area contributed by atoms with E-state index in [9.17, 15) is 14.3 Å². The monoisotopic (exact) mass is 269 g/mol. The molecule has 106 valence electrons. The first-order valence-corrected chi connectivity index (χ1v) is 6.32. The molecule has 0 aliphatic heterocycles. The summed E-state index contributed by atoms with van der Waals surface area (Å²) < 4.78 is 17.9. The number of aliphatic hydroxyl groups excluding tert-OH is 1. The van der Waals surface area contributed by atoms with Crippen LogP contribution in [0.4, 0.5) is 4.39 Å². The minimum atomic E-state index is -0.540. The molecule has 1 rings (SSSR count). The Balaban J connectivity index is 2.18. The summed E-state index contributed by atoms with van der Waals surface area (Å²) in [5, 5.41) is 12.2. The smallest absolute Gasteiger partial charge is 0.223 e. The molecule has 0 bridgehead atoms. The van der Waals surface area contributed by atoms with Crippen molar-refractivity contribution >= 4 is 5.91 Å². The van der Waals surface area contributed by atoms with Gasteiger partial charge in [-0.25, -0.2) is 4.39 Å². The number of carbonyl (C=O) groups excluding carboxylic acids is 1. The minimum absolute atomic E-state index is 0.107. The second kappa shape index (κ2) is 7.74. The van der Waals surface area contributed by atoms with Gasteiger partial charge in [-0.1, -0.05) is 13.8 Å². The van der Waals surface area contributed by atoms with Crippen LogP contribution in [0.1, 0.15) is 20.3 Å². The van der Waals surface area contributed by atoms with Crippen LogP contribution < -0.4 is 10.1 Å². The molecule has 0 spiro atoms. The van der Waals surface area contributed by atoms with Crippen LogP contribution in [0.3, 0.4) is 0 Å². The van der Waals surface area contributed by atoms with Crippen molar-refractivity contribution in [1.29, 1.82) is 0 Å². The molecule has 0 heterocycles. The summed E-state index contributed by atoms with van der Waals surface area (Å²) in [6.07, 6.45) is -0.343. The van der Waals surface area contributed by atoms with Crippen LogP contribution in [0.2, 0.25) is 0 Å². The number of rotatable bonds is 7. The fraction of sp³-hybridized carbons (Fsp3) is 0.500. The van der Waals surface area contributed by atoms with Crippen molar-refractivity contribution in [3.05, 3.63) is 30.1 Å². The summed E-state index contributed by atoms with van der Waals surface area (Å²) >= 11 is 0. The number of carbonyl (C=O) groups is 1. The molecule has 0 aliphatic carbocycles. The number of aliphatic hydroxyl groups is 1. The highest BCUT2D eigenvalue weighted by atomic mass is 19.1. The summed E-state index contributed by atoms with van der Waals surface area (Å²) in [6.45, 7) is 4.23. The van der Waals surface area contributed by atoms with E-state index in [0.29, 0.717) is 5.75 Å². The summed E-state index contributed by atoms with van der Waals surface area (Å²) in [7, 11) is 0. The second-order valence-corrected chi connectivity index (χ2v) is 4.67. The average molecular weight is 269 g/mol. The lowest BCUT2D eigenvalue weighted by molar-refractivity contribution is -0.122. The molecule has 1 unspecified atom stereocenters. The number of ether oxygens (including phenoxy) is 1. The van der Waals surface area contributed by atoms with Crippen molar-refractivity contribution in [2.24, 2.45) is 5.92 Å². The Morgan fingerprint density at radius 3 is 2.58 bits per heavy atom. The summed E-state index contributed by atoms with van der Waals surface area (Å²) in [4.78, 5) is 11.5. The van der Waals surface area contributed by atoms with Gasteiger partial charge >= 0.3 is 0 Å². The first-order valence-electron chi connectivity index (χ1n) is 6.32. The van der Waals surface area contributed by atoms with Gasteiger partial charge in [-0.3, -0.25) is 4.79 Å². The van der Waals surface area contributed by atoms with Gasteiger partial charge in [-0.2, -0.15) is 0 Å². The van der Waals surface area contributed by atoms with Gasteiger partial charge in [0, 0.05) is 6.54 Å². The zero-order chi connectivity index (χ0) is 14.3. The molecule has 0 aliphatic rings. The number of hydrogen-bond acceptors (Lipinski definition) is 3. The molecule has 0 aromatic heterocycles. The van der Waals surface area contributed by atoms with E-state index < -0.39 is 6.10 Å². The van der Waals surface area contributed by atoms with Gasteiger partial charge in [0.15, 0.2) is 0 Å². The summed E-state index contributed by atoms with van der Waals surface area (Å²) in [6, 6.07) is 5.62.